The molecule has 0 fully saturated rings. The number of benzene rings is 1. The van der Waals surface area contributed by atoms with Gasteiger partial charge in [-0.1, -0.05) is 32.9 Å². The lowest BCUT2D eigenvalue weighted by Crippen LogP contribution is -2.18. The molecule has 2 heteroatoms. The molecule has 0 saturated carbocycles. The Labute approximate surface area is 95.5 Å². The monoisotopic (exact) mass is 215 g/mol. The van der Waals surface area contributed by atoms with E-state index in [0.717, 1.165) is 10.8 Å². The minimum Gasteiger partial charge on any atom is -0.318 e. The lowest BCUT2D eigenvalue weighted by molar-refractivity contribution is 0.595. The first-order chi connectivity index (χ1) is 7.41. The van der Waals surface area contributed by atoms with Gasteiger partial charge in [0.15, 0.2) is 0 Å². The highest BCUT2D eigenvalue weighted by Crippen LogP contribution is 2.28. The van der Waals surface area contributed by atoms with Gasteiger partial charge in [0, 0.05) is 18.6 Å². The second kappa shape index (κ2) is 3.48. The highest BCUT2D eigenvalue weighted by molar-refractivity contribution is 5.85. The minimum absolute atomic E-state index is 0.0614. The largest absolute Gasteiger partial charge is 0.318 e. The summed E-state index contributed by atoms with van der Waals surface area (Å²) in [6.07, 6.45) is 1.83. The van der Waals surface area contributed by atoms with Gasteiger partial charge in [0.2, 0.25) is 0 Å². The number of pyridine rings is 1. The van der Waals surface area contributed by atoms with Gasteiger partial charge in [-0.25, -0.2) is 0 Å². The van der Waals surface area contributed by atoms with Crippen LogP contribution in [0.1, 0.15) is 26.3 Å². The zero-order valence-corrected chi connectivity index (χ0v) is 10.2. The molecule has 1 aromatic carbocycles. The number of hydrogen-bond acceptors (Lipinski definition) is 1. The van der Waals surface area contributed by atoms with Crippen LogP contribution in [0.25, 0.3) is 10.8 Å². The standard InChI is InChI=1S/C14H17NO/c1-14(2,3)12-7-5-6-11-10(12)8-9-15(4)13(11)16/h5-9H,1-4H3. The van der Waals surface area contributed by atoms with Crippen LogP contribution in [0, 0.1) is 0 Å². The van der Waals surface area contributed by atoms with Crippen LogP contribution in [-0.2, 0) is 12.5 Å². The van der Waals surface area contributed by atoms with E-state index in [2.05, 4.69) is 26.8 Å². The molecule has 0 bridgehead atoms. The number of aryl methyl sites for hydroxylation is 1. The number of rotatable bonds is 0. The number of nitrogens with zero attached hydrogens (tertiary/aromatic N) is 1. The molecule has 2 rings (SSSR count). The lowest BCUT2D eigenvalue weighted by Gasteiger charge is -2.21. The van der Waals surface area contributed by atoms with Crippen LogP contribution in [-0.4, -0.2) is 4.57 Å². The molecule has 2 nitrogen and oxygen atoms in total. The van der Waals surface area contributed by atoms with Gasteiger partial charge in [0.1, 0.15) is 0 Å². The molecule has 0 aliphatic rings. The Balaban J connectivity index is 2.91. The predicted molar refractivity (Wildman–Crippen MR) is 67.9 cm³/mol. The van der Waals surface area contributed by atoms with Crippen LogP contribution >= 0.6 is 0 Å². The number of fused-ring (bicyclic) bond motifs is 1. The molecule has 0 saturated heterocycles. The van der Waals surface area contributed by atoms with Gasteiger partial charge in [0.25, 0.3) is 5.56 Å². The van der Waals surface area contributed by atoms with Gasteiger partial charge in [-0.05, 0) is 28.5 Å². The van der Waals surface area contributed by atoms with Crippen LogP contribution in [0.15, 0.2) is 35.3 Å². The molecular formula is C14H17NO. The molecule has 0 atom stereocenters. The maximum absolute atomic E-state index is 12.0. The summed E-state index contributed by atoms with van der Waals surface area (Å²) in [7, 11) is 1.78. The Morgan fingerprint density at radius 2 is 1.75 bits per heavy atom. The molecule has 16 heavy (non-hydrogen) atoms. The molecule has 2 aromatic rings. The van der Waals surface area contributed by atoms with E-state index >= 15 is 0 Å². The number of hydrogen-bond donors (Lipinski definition) is 0. The van der Waals surface area contributed by atoms with Crippen molar-refractivity contribution >= 4 is 10.8 Å². The van der Waals surface area contributed by atoms with E-state index in [-0.39, 0.29) is 11.0 Å². The summed E-state index contributed by atoms with van der Waals surface area (Å²) < 4.78 is 1.62. The molecule has 0 aliphatic carbocycles. The second-order valence-electron chi connectivity index (χ2n) is 5.25. The third-order valence-corrected chi connectivity index (χ3v) is 2.93. The van der Waals surface area contributed by atoms with E-state index in [0.29, 0.717) is 0 Å². The van der Waals surface area contributed by atoms with Crippen LogP contribution in [0.5, 0.6) is 0 Å². The van der Waals surface area contributed by atoms with Crippen molar-refractivity contribution < 1.29 is 0 Å². The Hall–Kier alpha value is -1.57. The van der Waals surface area contributed by atoms with Crippen LogP contribution in [0.2, 0.25) is 0 Å². The lowest BCUT2D eigenvalue weighted by atomic mass is 9.84. The highest BCUT2D eigenvalue weighted by atomic mass is 16.1. The van der Waals surface area contributed by atoms with Crippen LogP contribution < -0.4 is 5.56 Å². The molecule has 84 valence electrons. The average Bonchev–Trinajstić information content (AvgIpc) is 2.21. The Bertz CT molecular complexity index is 588. The van der Waals surface area contributed by atoms with Crippen LogP contribution in [0.4, 0.5) is 0 Å². The molecule has 0 amide bonds. The van der Waals surface area contributed by atoms with Crippen LogP contribution in [0.3, 0.4) is 0 Å². The van der Waals surface area contributed by atoms with Gasteiger partial charge < -0.3 is 4.57 Å². The fourth-order valence-corrected chi connectivity index (χ4v) is 2.03. The first kappa shape index (κ1) is 10.9. The molecular weight excluding hydrogens is 198 g/mol. The minimum atomic E-state index is 0.0614. The van der Waals surface area contributed by atoms with Gasteiger partial charge in [-0.2, -0.15) is 0 Å². The Kier molecular flexibility index (Phi) is 2.38. The SMILES string of the molecule is Cn1ccc2c(C(C)(C)C)cccc2c1=O. The normalized spacial score (nSPS) is 12.0. The molecule has 1 aromatic heterocycles. The fraction of sp³-hybridized carbons (Fsp3) is 0.357. The van der Waals surface area contributed by atoms with E-state index in [1.54, 1.807) is 11.6 Å². The van der Waals surface area contributed by atoms with Crippen molar-refractivity contribution in [2.75, 3.05) is 0 Å². The topological polar surface area (TPSA) is 22.0 Å². The third-order valence-electron chi connectivity index (χ3n) is 2.93. The van der Waals surface area contributed by atoms with E-state index in [1.165, 1.54) is 5.56 Å². The zero-order valence-electron chi connectivity index (χ0n) is 10.2. The first-order valence-corrected chi connectivity index (χ1v) is 5.50. The summed E-state index contributed by atoms with van der Waals surface area (Å²) in [5.74, 6) is 0. The van der Waals surface area contributed by atoms with Crippen molar-refractivity contribution in [3.8, 4) is 0 Å². The summed E-state index contributed by atoms with van der Waals surface area (Å²) in [5.41, 5.74) is 1.36. The Morgan fingerprint density at radius 3 is 2.38 bits per heavy atom. The zero-order chi connectivity index (χ0) is 11.9. The second-order valence-corrected chi connectivity index (χ2v) is 5.25. The third kappa shape index (κ3) is 1.64. The van der Waals surface area contributed by atoms with E-state index in [4.69, 9.17) is 0 Å². The van der Waals surface area contributed by atoms with E-state index in [1.807, 2.05) is 24.4 Å². The summed E-state index contributed by atoms with van der Waals surface area (Å²) in [6, 6.07) is 7.98. The van der Waals surface area contributed by atoms with Crippen molar-refractivity contribution in [3.63, 3.8) is 0 Å². The van der Waals surface area contributed by atoms with Crippen molar-refractivity contribution in [2.24, 2.45) is 7.05 Å². The molecule has 0 radical (unpaired) electrons. The van der Waals surface area contributed by atoms with E-state index in [9.17, 15) is 4.79 Å². The maximum atomic E-state index is 12.0. The van der Waals surface area contributed by atoms with Crippen molar-refractivity contribution in [3.05, 3.63) is 46.4 Å². The van der Waals surface area contributed by atoms with Gasteiger partial charge in [0.05, 0.1) is 0 Å². The molecule has 0 N–H and O–H groups in total. The van der Waals surface area contributed by atoms with Gasteiger partial charge >= 0.3 is 0 Å². The first-order valence-electron chi connectivity index (χ1n) is 5.50. The fourth-order valence-electron chi connectivity index (χ4n) is 2.03. The molecule has 0 spiro atoms. The van der Waals surface area contributed by atoms with Crippen molar-refractivity contribution in [1.29, 1.82) is 0 Å². The quantitative estimate of drug-likeness (QED) is 0.662. The van der Waals surface area contributed by atoms with Crippen molar-refractivity contribution in [2.45, 2.75) is 26.2 Å². The summed E-state index contributed by atoms with van der Waals surface area (Å²) in [4.78, 5) is 12.0. The van der Waals surface area contributed by atoms with Gasteiger partial charge in [-0.3, -0.25) is 4.79 Å². The maximum Gasteiger partial charge on any atom is 0.258 e. The molecule has 0 unspecified atom stereocenters. The molecule has 0 aliphatic heterocycles. The smallest absolute Gasteiger partial charge is 0.258 e. The Morgan fingerprint density at radius 1 is 1.06 bits per heavy atom. The molecule has 1 heterocycles. The predicted octanol–water partition coefficient (Wildman–Crippen LogP) is 2.84. The number of aromatic nitrogens is 1. The summed E-state index contributed by atoms with van der Waals surface area (Å²) in [6.45, 7) is 6.50. The van der Waals surface area contributed by atoms with Crippen molar-refractivity contribution in [1.82, 2.24) is 4.57 Å². The summed E-state index contributed by atoms with van der Waals surface area (Å²) in [5, 5.41) is 1.87. The highest BCUT2D eigenvalue weighted by Gasteiger charge is 2.17. The van der Waals surface area contributed by atoms with E-state index < -0.39 is 0 Å². The van der Waals surface area contributed by atoms with Gasteiger partial charge in [-0.15, -0.1) is 0 Å². The average molecular weight is 215 g/mol. The summed E-state index contributed by atoms with van der Waals surface area (Å²) >= 11 is 0.